The SMILES string of the molecule is C[N+](C1CCCCC1)C1CCCCC1. The van der Waals surface area contributed by atoms with E-state index in [9.17, 15) is 0 Å². The van der Waals surface area contributed by atoms with E-state index in [1.54, 1.807) is 0 Å². The minimum atomic E-state index is 0.923. The molecule has 2 aliphatic rings. The van der Waals surface area contributed by atoms with Crippen LogP contribution in [0.5, 0.6) is 0 Å². The summed E-state index contributed by atoms with van der Waals surface area (Å²) in [6.45, 7) is 0. The summed E-state index contributed by atoms with van der Waals surface area (Å²) in [4.78, 5) is 2.72. The van der Waals surface area contributed by atoms with Gasteiger partial charge in [0.25, 0.3) is 0 Å². The largest absolute Gasteiger partial charge is 0.167 e. The molecule has 0 aromatic heterocycles. The highest BCUT2D eigenvalue weighted by molar-refractivity contribution is 4.85. The zero-order chi connectivity index (χ0) is 9.80. The van der Waals surface area contributed by atoms with Crippen LogP contribution in [-0.4, -0.2) is 19.1 Å². The number of hydrogen-bond donors (Lipinski definition) is 0. The van der Waals surface area contributed by atoms with Gasteiger partial charge in [0.05, 0.1) is 0 Å². The van der Waals surface area contributed by atoms with Crippen molar-refractivity contribution >= 4 is 0 Å². The normalized spacial score (nSPS) is 27.0. The van der Waals surface area contributed by atoms with E-state index < -0.39 is 0 Å². The van der Waals surface area contributed by atoms with E-state index in [0.29, 0.717) is 0 Å². The van der Waals surface area contributed by atoms with E-state index in [1.165, 1.54) is 64.2 Å². The highest BCUT2D eigenvalue weighted by Crippen LogP contribution is 2.26. The van der Waals surface area contributed by atoms with E-state index in [-0.39, 0.29) is 0 Å². The zero-order valence-electron chi connectivity index (χ0n) is 9.67. The maximum Gasteiger partial charge on any atom is 0.132 e. The van der Waals surface area contributed by atoms with Gasteiger partial charge >= 0.3 is 0 Å². The fourth-order valence-corrected chi connectivity index (χ4v) is 3.27. The Balaban J connectivity index is 1.82. The molecule has 0 atom stereocenters. The average Bonchev–Trinajstić information content (AvgIpc) is 2.30. The van der Waals surface area contributed by atoms with E-state index >= 15 is 0 Å². The van der Waals surface area contributed by atoms with Gasteiger partial charge in [-0.2, -0.15) is 4.90 Å². The maximum atomic E-state index is 2.72. The van der Waals surface area contributed by atoms with Gasteiger partial charge in [0, 0.05) is 25.7 Å². The van der Waals surface area contributed by atoms with E-state index in [2.05, 4.69) is 11.9 Å². The van der Waals surface area contributed by atoms with Crippen LogP contribution in [0.4, 0.5) is 0 Å². The average molecular weight is 195 g/mol. The van der Waals surface area contributed by atoms with Gasteiger partial charge < -0.3 is 0 Å². The molecule has 81 valence electrons. The van der Waals surface area contributed by atoms with Crippen LogP contribution in [0.15, 0.2) is 0 Å². The molecule has 0 aromatic rings. The fraction of sp³-hybridized carbons (Fsp3) is 1.00. The second-order valence-corrected chi connectivity index (χ2v) is 5.25. The first-order valence-electron chi connectivity index (χ1n) is 6.60. The summed E-state index contributed by atoms with van der Waals surface area (Å²) in [5.41, 5.74) is 0. The van der Waals surface area contributed by atoms with Crippen molar-refractivity contribution < 1.29 is 0 Å². The van der Waals surface area contributed by atoms with Gasteiger partial charge in [0.15, 0.2) is 0 Å². The first-order chi connectivity index (χ1) is 6.88. The summed E-state index contributed by atoms with van der Waals surface area (Å²) < 4.78 is 0. The lowest BCUT2D eigenvalue weighted by molar-refractivity contribution is 0.198. The number of hydrogen-bond acceptors (Lipinski definition) is 1. The van der Waals surface area contributed by atoms with Crippen molar-refractivity contribution in [2.24, 2.45) is 0 Å². The molecule has 0 heterocycles. The van der Waals surface area contributed by atoms with Gasteiger partial charge in [0.2, 0.25) is 0 Å². The van der Waals surface area contributed by atoms with Gasteiger partial charge in [-0.1, -0.05) is 12.8 Å². The van der Waals surface area contributed by atoms with Crippen molar-refractivity contribution in [1.29, 1.82) is 0 Å². The summed E-state index contributed by atoms with van der Waals surface area (Å²) in [7, 11) is 2.38. The van der Waals surface area contributed by atoms with Gasteiger partial charge in [-0.05, 0) is 25.7 Å². The Kier molecular flexibility index (Phi) is 3.86. The minimum Gasteiger partial charge on any atom is -0.167 e. The molecule has 2 rings (SSSR count). The van der Waals surface area contributed by atoms with Crippen molar-refractivity contribution in [1.82, 2.24) is 4.90 Å². The predicted octanol–water partition coefficient (Wildman–Crippen LogP) is 3.42. The van der Waals surface area contributed by atoms with E-state index in [4.69, 9.17) is 0 Å². The summed E-state index contributed by atoms with van der Waals surface area (Å²) in [6, 6.07) is 1.85. The molecule has 1 heteroatoms. The Morgan fingerprint density at radius 2 is 1.00 bits per heavy atom. The van der Waals surface area contributed by atoms with Gasteiger partial charge in [-0.3, -0.25) is 0 Å². The topological polar surface area (TPSA) is 5.90 Å². The van der Waals surface area contributed by atoms with Crippen LogP contribution >= 0.6 is 0 Å². The third-order valence-corrected chi connectivity index (χ3v) is 4.30. The molecule has 0 N–H and O–H groups in total. The van der Waals surface area contributed by atoms with Crippen molar-refractivity contribution in [3.63, 3.8) is 0 Å². The van der Waals surface area contributed by atoms with Crippen molar-refractivity contribution in [3.05, 3.63) is 0 Å². The Morgan fingerprint density at radius 3 is 1.36 bits per heavy atom. The van der Waals surface area contributed by atoms with Crippen LogP contribution in [-0.2, 0) is 0 Å². The van der Waals surface area contributed by atoms with Crippen LogP contribution in [0, 0.1) is 0 Å². The molecule has 0 aliphatic heterocycles. The lowest BCUT2D eigenvalue weighted by Gasteiger charge is -2.30. The van der Waals surface area contributed by atoms with E-state index in [1.807, 2.05) is 0 Å². The molecule has 2 fully saturated rings. The van der Waals surface area contributed by atoms with Crippen LogP contribution < -0.4 is 4.90 Å². The van der Waals surface area contributed by atoms with Gasteiger partial charge in [-0.25, -0.2) is 0 Å². The lowest BCUT2D eigenvalue weighted by atomic mass is 9.89. The molecule has 14 heavy (non-hydrogen) atoms. The Hall–Kier alpha value is -0.0400. The molecule has 0 bridgehead atoms. The number of nitrogens with zero attached hydrogens (tertiary/aromatic N) is 1. The number of rotatable bonds is 2. The van der Waals surface area contributed by atoms with Crippen molar-refractivity contribution in [2.45, 2.75) is 76.3 Å². The molecule has 0 unspecified atom stereocenters. The summed E-state index contributed by atoms with van der Waals surface area (Å²) in [6.07, 6.45) is 14.7. The summed E-state index contributed by atoms with van der Waals surface area (Å²) >= 11 is 0. The minimum absolute atomic E-state index is 0.923. The molecule has 0 amide bonds. The van der Waals surface area contributed by atoms with E-state index in [0.717, 1.165) is 12.1 Å². The smallest absolute Gasteiger partial charge is 0.132 e. The molecular formula is C13H25N+. The highest BCUT2D eigenvalue weighted by atomic mass is 15.2. The van der Waals surface area contributed by atoms with Crippen LogP contribution in [0.1, 0.15) is 64.2 Å². The Morgan fingerprint density at radius 1 is 0.643 bits per heavy atom. The zero-order valence-corrected chi connectivity index (χ0v) is 9.67. The van der Waals surface area contributed by atoms with Crippen LogP contribution in [0.2, 0.25) is 0 Å². The molecule has 1 nitrogen and oxygen atoms in total. The molecular weight excluding hydrogens is 170 g/mol. The molecule has 0 aromatic carbocycles. The predicted molar refractivity (Wildman–Crippen MR) is 61.8 cm³/mol. The van der Waals surface area contributed by atoms with Gasteiger partial charge in [-0.15, -0.1) is 0 Å². The second-order valence-electron chi connectivity index (χ2n) is 5.25. The molecule has 2 aliphatic carbocycles. The second kappa shape index (κ2) is 5.16. The third-order valence-electron chi connectivity index (χ3n) is 4.30. The fourth-order valence-electron chi connectivity index (χ4n) is 3.27. The Bertz CT molecular complexity index is 137. The first kappa shape index (κ1) is 10.5. The highest BCUT2D eigenvalue weighted by Gasteiger charge is 2.33. The van der Waals surface area contributed by atoms with Crippen LogP contribution in [0.25, 0.3) is 0 Å². The monoisotopic (exact) mass is 195 g/mol. The lowest BCUT2D eigenvalue weighted by Crippen LogP contribution is -2.47. The van der Waals surface area contributed by atoms with Gasteiger partial charge in [0.1, 0.15) is 19.1 Å². The first-order valence-corrected chi connectivity index (χ1v) is 6.60. The van der Waals surface area contributed by atoms with Crippen molar-refractivity contribution in [3.8, 4) is 0 Å². The molecule has 0 spiro atoms. The van der Waals surface area contributed by atoms with Crippen molar-refractivity contribution in [2.75, 3.05) is 7.05 Å². The quantitative estimate of drug-likeness (QED) is 0.595. The summed E-state index contributed by atoms with van der Waals surface area (Å²) in [5.74, 6) is 0. The third kappa shape index (κ3) is 2.50. The Labute approximate surface area is 88.9 Å². The molecule has 1 radical (unpaired) electrons. The molecule has 2 saturated carbocycles. The van der Waals surface area contributed by atoms with Crippen LogP contribution in [0.3, 0.4) is 0 Å². The standard InChI is InChI=1S/C13H25N/c1-14(12-8-4-2-5-9-12)13-10-6-3-7-11-13/h12-13H,2-11H2,1H3/q+1. The molecule has 0 saturated heterocycles. The summed E-state index contributed by atoms with van der Waals surface area (Å²) in [5, 5.41) is 0. The maximum absolute atomic E-state index is 2.72.